The molecule has 11 heteroatoms. The van der Waals surface area contributed by atoms with Crippen LogP contribution in [0.4, 0.5) is 5.69 Å². The Morgan fingerprint density at radius 1 is 1.08 bits per heavy atom. The van der Waals surface area contributed by atoms with Crippen molar-refractivity contribution in [3.63, 3.8) is 0 Å². The molecule has 0 aliphatic carbocycles. The number of nitrogens with zero attached hydrogens (tertiary/aromatic N) is 2. The fourth-order valence-electron chi connectivity index (χ4n) is 3.45. The number of carbonyl (C=O) groups excluding carboxylic acids is 2. The highest BCUT2D eigenvalue weighted by Gasteiger charge is 2.30. The first-order chi connectivity index (χ1) is 18.2. The maximum Gasteiger partial charge on any atom is 0.337 e. The third kappa shape index (κ3) is 6.35. The summed E-state index contributed by atoms with van der Waals surface area (Å²) in [5, 5.41) is 1.44. The van der Waals surface area contributed by atoms with Gasteiger partial charge in [0.2, 0.25) is 0 Å². The Labute approximate surface area is 242 Å². The van der Waals surface area contributed by atoms with Crippen LogP contribution in [0.5, 0.6) is 11.5 Å². The second-order valence-corrected chi connectivity index (χ2v) is 10.7. The Balaban J connectivity index is 1.54. The molecule has 0 bridgehead atoms. The predicted octanol–water partition coefficient (Wildman–Crippen LogP) is 7.36. The highest BCUT2D eigenvalue weighted by molar-refractivity contribution is 9.10. The second kappa shape index (κ2) is 12.3. The number of methoxy groups -OCH3 is 2. The molecule has 3 aromatic carbocycles. The normalized spacial score (nSPS) is 15.3. The van der Waals surface area contributed by atoms with Crippen LogP contribution in [0.15, 0.2) is 69.0 Å². The molecule has 4 rings (SSSR count). The number of rotatable bonds is 7. The van der Waals surface area contributed by atoms with Gasteiger partial charge in [-0.25, -0.2) is 9.79 Å². The summed E-state index contributed by atoms with van der Waals surface area (Å²) in [7, 11) is 4.53. The van der Waals surface area contributed by atoms with E-state index in [0.717, 1.165) is 11.1 Å². The number of thioether (sulfide) groups is 1. The number of esters is 1. The van der Waals surface area contributed by atoms with Gasteiger partial charge in [-0.1, -0.05) is 29.3 Å². The Morgan fingerprint density at radius 2 is 1.82 bits per heavy atom. The number of likely N-dealkylation sites (N-methyl/N-ethyl adjacent to an activating group) is 1. The van der Waals surface area contributed by atoms with Crippen molar-refractivity contribution in [2.75, 3.05) is 21.3 Å². The molecule has 196 valence electrons. The summed E-state index contributed by atoms with van der Waals surface area (Å²) in [6.07, 6.45) is 1.77. The molecule has 0 aromatic heterocycles. The molecule has 0 N–H and O–H groups in total. The molecule has 0 spiro atoms. The lowest BCUT2D eigenvalue weighted by molar-refractivity contribution is -0.121. The minimum Gasteiger partial charge on any atom is -0.493 e. The first-order valence-electron chi connectivity index (χ1n) is 11.1. The van der Waals surface area contributed by atoms with Gasteiger partial charge in [0, 0.05) is 7.05 Å². The molecule has 38 heavy (non-hydrogen) atoms. The molecule has 7 nitrogen and oxygen atoms in total. The average molecular weight is 636 g/mol. The highest BCUT2D eigenvalue weighted by Crippen LogP contribution is 2.40. The number of halogens is 3. The van der Waals surface area contributed by atoms with Crippen molar-refractivity contribution in [1.29, 1.82) is 0 Å². The summed E-state index contributed by atoms with van der Waals surface area (Å²) >= 11 is 16.9. The summed E-state index contributed by atoms with van der Waals surface area (Å²) in [6.45, 7) is 0.256. The summed E-state index contributed by atoms with van der Waals surface area (Å²) in [6, 6.07) is 15.6. The lowest BCUT2D eigenvalue weighted by atomic mass is 10.1. The van der Waals surface area contributed by atoms with Crippen LogP contribution in [-0.4, -0.2) is 43.2 Å². The maximum absolute atomic E-state index is 12.9. The van der Waals surface area contributed by atoms with Gasteiger partial charge in [-0.3, -0.25) is 9.69 Å². The quantitative estimate of drug-likeness (QED) is 0.199. The molecule has 1 aliphatic heterocycles. The highest BCUT2D eigenvalue weighted by atomic mass is 79.9. The van der Waals surface area contributed by atoms with Crippen LogP contribution in [0.2, 0.25) is 10.0 Å². The average Bonchev–Trinajstić information content (AvgIpc) is 3.17. The van der Waals surface area contributed by atoms with E-state index in [9.17, 15) is 9.59 Å². The molecule has 0 unspecified atom stereocenters. The smallest absolute Gasteiger partial charge is 0.337 e. The van der Waals surface area contributed by atoms with Crippen molar-refractivity contribution < 1.29 is 23.8 Å². The zero-order valence-corrected chi connectivity index (χ0v) is 24.4. The van der Waals surface area contributed by atoms with Gasteiger partial charge in [-0.05, 0) is 93.4 Å². The molecule has 1 fully saturated rings. The molecule has 1 saturated heterocycles. The summed E-state index contributed by atoms with van der Waals surface area (Å²) < 4.78 is 16.9. The van der Waals surface area contributed by atoms with Gasteiger partial charge in [0.05, 0.1) is 44.9 Å². The monoisotopic (exact) mass is 634 g/mol. The number of amides is 1. The Kier molecular flexibility index (Phi) is 9.04. The van der Waals surface area contributed by atoms with Crippen LogP contribution in [-0.2, 0) is 16.1 Å². The number of aliphatic imine (C=N–C) groups is 1. The third-order valence-electron chi connectivity index (χ3n) is 5.43. The number of ether oxygens (including phenoxy) is 3. The zero-order valence-electron chi connectivity index (χ0n) is 20.5. The van der Waals surface area contributed by atoms with Crippen molar-refractivity contribution in [3.05, 3.63) is 90.7 Å². The van der Waals surface area contributed by atoms with E-state index in [2.05, 4.69) is 20.9 Å². The molecular formula is C27H21BrCl2N2O5S. The first kappa shape index (κ1) is 28.0. The lowest BCUT2D eigenvalue weighted by Gasteiger charge is -2.14. The van der Waals surface area contributed by atoms with E-state index in [1.807, 2.05) is 12.1 Å². The largest absolute Gasteiger partial charge is 0.493 e. The van der Waals surface area contributed by atoms with E-state index >= 15 is 0 Å². The summed E-state index contributed by atoms with van der Waals surface area (Å²) in [5.41, 5.74) is 2.62. The van der Waals surface area contributed by atoms with Crippen molar-refractivity contribution in [2.45, 2.75) is 6.61 Å². The van der Waals surface area contributed by atoms with Gasteiger partial charge in [-0.2, -0.15) is 0 Å². The summed E-state index contributed by atoms with van der Waals surface area (Å²) in [5.74, 6) is 0.398. The predicted molar refractivity (Wildman–Crippen MR) is 155 cm³/mol. The molecule has 0 saturated carbocycles. The van der Waals surface area contributed by atoms with E-state index < -0.39 is 5.97 Å². The van der Waals surface area contributed by atoms with Crippen LogP contribution < -0.4 is 9.47 Å². The minimum absolute atomic E-state index is 0.185. The summed E-state index contributed by atoms with van der Waals surface area (Å²) in [4.78, 5) is 31.1. The second-order valence-electron chi connectivity index (χ2n) is 7.98. The zero-order chi connectivity index (χ0) is 27.4. The number of amidine groups is 1. The van der Waals surface area contributed by atoms with Crippen LogP contribution in [0.3, 0.4) is 0 Å². The fraction of sp³-hybridized carbons (Fsp3) is 0.148. The van der Waals surface area contributed by atoms with E-state index in [-0.39, 0.29) is 12.5 Å². The van der Waals surface area contributed by atoms with Crippen LogP contribution >= 0.6 is 50.9 Å². The molecule has 0 atom stereocenters. The molecular weight excluding hydrogens is 615 g/mol. The van der Waals surface area contributed by atoms with Crippen LogP contribution in [0, 0.1) is 0 Å². The van der Waals surface area contributed by atoms with Crippen molar-refractivity contribution >= 4 is 79.7 Å². The van der Waals surface area contributed by atoms with E-state index in [1.165, 1.54) is 23.8 Å². The van der Waals surface area contributed by atoms with E-state index in [0.29, 0.717) is 47.3 Å². The maximum atomic E-state index is 12.9. The van der Waals surface area contributed by atoms with Crippen LogP contribution in [0.1, 0.15) is 21.5 Å². The fourth-order valence-corrected chi connectivity index (χ4v) is 5.33. The molecule has 1 amide bonds. The standard InChI is InChI=1S/C27H21BrCl2N2O5S/c1-32-25(33)23(38-27(32)31-18-7-5-17(6-8-18)26(34)36-3)13-16-10-19(28)24(22(12-16)35-2)37-14-15-4-9-20(29)21(30)11-15/h4-13H,14H2,1-3H3. The van der Waals surface area contributed by atoms with Crippen LogP contribution in [0.25, 0.3) is 6.08 Å². The van der Waals surface area contributed by atoms with E-state index in [1.54, 1.807) is 62.7 Å². The topological polar surface area (TPSA) is 77.4 Å². The van der Waals surface area contributed by atoms with Gasteiger partial charge in [0.25, 0.3) is 5.91 Å². The number of hydrogen-bond acceptors (Lipinski definition) is 7. The first-order valence-corrected chi connectivity index (χ1v) is 13.5. The van der Waals surface area contributed by atoms with E-state index in [4.69, 9.17) is 37.4 Å². The van der Waals surface area contributed by atoms with Gasteiger partial charge < -0.3 is 14.2 Å². The molecule has 3 aromatic rings. The van der Waals surface area contributed by atoms with Crippen molar-refractivity contribution in [1.82, 2.24) is 4.90 Å². The molecule has 1 heterocycles. The van der Waals surface area contributed by atoms with Gasteiger partial charge >= 0.3 is 5.97 Å². The van der Waals surface area contributed by atoms with Gasteiger partial charge in [0.15, 0.2) is 16.7 Å². The lowest BCUT2D eigenvalue weighted by Crippen LogP contribution is -2.23. The number of hydrogen-bond donors (Lipinski definition) is 0. The minimum atomic E-state index is -0.427. The SMILES string of the molecule is COC(=O)c1ccc(N=C2SC(=Cc3cc(Br)c(OCc4ccc(Cl)c(Cl)c4)c(OC)c3)C(=O)N2C)cc1. The van der Waals surface area contributed by atoms with Crippen molar-refractivity contribution in [3.8, 4) is 11.5 Å². The Bertz CT molecular complexity index is 1460. The van der Waals surface area contributed by atoms with Gasteiger partial charge in [-0.15, -0.1) is 0 Å². The Hall–Kier alpha value is -2.98. The number of carbonyl (C=O) groups is 2. The molecule has 1 aliphatic rings. The van der Waals surface area contributed by atoms with Gasteiger partial charge in [0.1, 0.15) is 6.61 Å². The molecule has 0 radical (unpaired) electrons. The Morgan fingerprint density at radius 3 is 2.47 bits per heavy atom. The number of benzene rings is 3. The third-order valence-corrected chi connectivity index (χ3v) is 7.82. The van der Waals surface area contributed by atoms with Crippen molar-refractivity contribution in [2.24, 2.45) is 4.99 Å².